The van der Waals surface area contributed by atoms with E-state index < -0.39 is 0 Å². The summed E-state index contributed by atoms with van der Waals surface area (Å²) in [5.41, 5.74) is 0. The zero-order valence-corrected chi connectivity index (χ0v) is 13.3. The highest BCUT2D eigenvalue weighted by Gasteiger charge is 2.03. The summed E-state index contributed by atoms with van der Waals surface area (Å²) >= 11 is 0. The summed E-state index contributed by atoms with van der Waals surface area (Å²) in [6.45, 7) is 10.8. The molecule has 5 nitrogen and oxygen atoms in total. The molecule has 5 heteroatoms. The van der Waals surface area contributed by atoms with E-state index in [1.807, 2.05) is 13.0 Å². The lowest BCUT2D eigenvalue weighted by molar-refractivity contribution is 0.298. The number of aromatic nitrogens is 2. The second-order valence-corrected chi connectivity index (χ2v) is 4.73. The van der Waals surface area contributed by atoms with Crippen LogP contribution in [0.15, 0.2) is 6.07 Å². The summed E-state index contributed by atoms with van der Waals surface area (Å²) < 4.78 is 5.19. The highest BCUT2D eigenvalue weighted by atomic mass is 16.5. The predicted molar refractivity (Wildman–Crippen MR) is 83.5 cm³/mol. The first-order valence-electron chi connectivity index (χ1n) is 7.61. The molecule has 1 aromatic rings. The van der Waals surface area contributed by atoms with Crippen LogP contribution in [0.3, 0.4) is 0 Å². The molecular weight excluding hydrogens is 252 g/mol. The molecule has 0 aliphatic rings. The van der Waals surface area contributed by atoms with Gasteiger partial charge in [-0.05, 0) is 32.5 Å². The van der Waals surface area contributed by atoms with Crippen molar-refractivity contribution >= 4 is 5.82 Å². The number of methoxy groups -OCH3 is 1. The molecule has 0 radical (unpaired) electrons. The van der Waals surface area contributed by atoms with Gasteiger partial charge in [0.15, 0.2) is 0 Å². The molecule has 1 rings (SSSR count). The average Bonchev–Trinajstić information content (AvgIpc) is 2.50. The standard InChI is InChI=1S/C15H28N4O/c1-5-13-17-14(12-15(18-13)20-4)16-10-8-9-11-19(6-2)7-3/h12H,5-11H2,1-4H3,(H,16,17,18). The summed E-state index contributed by atoms with van der Waals surface area (Å²) in [6, 6.07) is 1.85. The molecule has 1 N–H and O–H groups in total. The van der Waals surface area contributed by atoms with Gasteiger partial charge in [-0.1, -0.05) is 20.8 Å². The van der Waals surface area contributed by atoms with Crippen LogP contribution < -0.4 is 10.1 Å². The fourth-order valence-corrected chi connectivity index (χ4v) is 2.04. The van der Waals surface area contributed by atoms with E-state index in [1.165, 1.54) is 13.0 Å². The molecule has 1 heterocycles. The van der Waals surface area contributed by atoms with Crippen LogP contribution in [0.1, 0.15) is 39.4 Å². The van der Waals surface area contributed by atoms with E-state index in [0.29, 0.717) is 5.88 Å². The number of nitrogens with zero attached hydrogens (tertiary/aromatic N) is 3. The number of hydrogen-bond donors (Lipinski definition) is 1. The zero-order valence-electron chi connectivity index (χ0n) is 13.3. The third-order valence-corrected chi connectivity index (χ3v) is 3.38. The van der Waals surface area contributed by atoms with Crippen LogP contribution in [0.4, 0.5) is 5.82 Å². The Labute approximate surface area is 122 Å². The quantitative estimate of drug-likeness (QED) is 0.668. The Balaban J connectivity index is 2.34. The fraction of sp³-hybridized carbons (Fsp3) is 0.733. The van der Waals surface area contributed by atoms with Crippen LogP contribution in [0.25, 0.3) is 0 Å². The van der Waals surface area contributed by atoms with E-state index in [9.17, 15) is 0 Å². The van der Waals surface area contributed by atoms with Crippen molar-refractivity contribution in [3.63, 3.8) is 0 Å². The molecular formula is C15H28N4O. The van der Waals surface area contributed by atoms with Crippen LogP contribution in [-0.4, -0.2) is 48.2 Å². The Morgan fingerprint density at radius 3 is 2.50 bits per heavy atom. The van der Waals surface area contributed by atoms with Gasteiger partial charge in [-0.25, -0.2) is 4.98 Å². The number of hydrogen-bond acceptors (Lipinski definition) is 5. The van der Waals surface area contributed by atoms with Crippen molar-refractivity contribution < 1.29 is 4.74 Å². The predicted octanol–water partition coefficient (Wildman–Crippen LogP) is 2.58. The maximum atomic E-state index is 5.19. The number of rotatable bonds is 10. The number of nitrogens with one attached hydrogen (secondary N) is 1. The van der Waals surface area contributed by atoms with Gasteiger partial charge in [0, 0.05) is 19.0 Å². The first-order valence-corrected chi connectivity index (χ1v) is 7.61. The molecule has 0 saturated heterocycles. The molecule has 0 amide bonds. The van der Waals surface area contributed by atoms with E-state index in [0.717, 1.165) is 44.1 Å². The van der Waals surface area contributed by atoms with Crippen LogP contribution in [0.5, 0.6) is 5.88 Å². The largest absolute Gasteiger partial charge is 0.481 e. The first kappa shape index (κ1) is 16.7. The minimum Gasteiger partial charge on any atom is -0.481 e. The molecule has 0 fully saturated rings. The van der Waals surface area contributed by atoms with Gasteiger partial charge >= 0.3 is 0 Å². The number of ether oxygens (including phenoxy) is 1. The molecule has 114 valence electrons. The highest BCUT2D eigenvalue weighted by Crippen LogP contribution is 2.13. The Kier molecular flexibility index (Phi) is 7.95. The minimum absolute atomic E-state index is 0.627. The van der Waals surface area contributed by atoms with E-state index in [-0.39, 0.29) is 0 Å². The third-order valence-electron chi connectivity index (χ3n) is 3.38. The van der Waals surface area contributed by atoms with Crippen molar-refractivity contribution in [2.75, 3.05) is 38.6 Å². The van der Waals surface area contributed by atoms with Crippen molar-refractivity contribution in [1.82, 2.24) is 14.9 Å². The average molecular weight is 280 g/mol. The lowest BCUT2D eigenvalue weighted by atomic mass is 10.3. The van der Waals surface area contributed by atoms with Gasteiger partial charge in [0.25, 0.3) is 0 Å². The third kappa shape index (κ3) is 5.74. The Morgan fingerprint density at radius 1 is 1.15 bits per heavy atom. The SMILES string of the molecule is CCc1nc(NCCCCN(CC)CC)cc(OC)n1. The van der Waals surface area contributed by atoms with Crippen molar-refractivity contribution in [3.8, 4) is 5.88 Å². The van der Waals surface area contributed by atoms with Crippen LogP contribution in [-0.2, 0) is 6.42 Å². The molecule has 0 saturated carbocycles. The minimum atomic E-state index is 0.627. The summed E-state index contributed by atoms with van der Waals surface area (Å²) in [7, 11) is 1.63. The second kappa shape index (κ2) is 9.53. The second-order valence-electron chi connectivity index (χ2n) is 4.73. The Hall–Kier alpha value is -1.36. The number of unbranched alkanes of at least 4 members (excludes halogenated alkanes) is 1. The Bertz CT molecular complexity index is 358. The smallest absolute Gasteiger partial charge is 0.218 e. The maximum absolute atomic E-state index is 5.19. The highest BCUT2D eigenvalue weighted by molar-refractivity contribution is 5.38. The lowest BCUT2D eigenvalue weighted by Gasteiger charge is -2.17. The van der Waals surface area contributed by atoms with Crippen LogP contribution in [0.2, 0.25) is 0 Å². The van der Waals surface area contributed by atoms with Gasteiger partial charge in [-0.3, -0.25) is 0 Å². The zero-order chi connectivity index (χ0) is 14.8. The van der Waals surface area contributed by atoms with Gasteiger partial charge in [0.1, 0.15) is 11.6 Å². The van der Waals surface area contributed by atoms with Gasteiger partial charge < -0.3 is 15.0 Å². The fourth-order valence-electron chi connectivity index (χ4n) is 2.04. The van der Waals surface area contributed by atoms with Crippen molar-refractivity contribution in [1.29, 1.82) is 0 Å². The number of anilines is 1. The van der Waals surface area contributed by atoms with Crippen LogP contribution >= 0.6 is 0 Å². The van der Waals surface area contributed by atoms with Gasteiger partial charge in [0.05, 0.1) is 7.11 Å². The van der Waals surface area contributed by atoms with Gasteiger partial charge in [-0.15, -0.1) is 0 Å². The summed E-state index contributed by atoms with van der Waals surface area (Å²) in [5, 5.41) is 3.35. The molecule has 0 aromatic carbocycles. The molecule has 0 unspecified atom stereocenters. The van der Waals surface area contributed by atoms with E-state index >= 15 is 0 Å². The summed E-state index contributed by atoms with van der Waals surface area (Å²) in [5.74, 6) is 2.30. The summed E-state index contributed by atoms with van der Waals surface area (Å²) in [6.07, 6.45) is 3.16. The summed E-state index contributed by atoms with van der Waals surface area (Å²) in [4.78, 5) is 11.2. The molecule has 0 spiro atoms. The first-order chi connectivity index (χ1) is 9.73. The van der Waals surface area contributed by atoms with Crippen LogP contribution in [0, 0.1) is 0 Å². The van der Waals surface area contributed by atoms with Crippen molar-refractivity contribution in [3.05, 3.63) is 11.9 Å². The van der Waals surface area contributed by atoms with E-state index in [4.69, 9.17) is 4.74 Å². The molecule has 1 aromatic heterocycles. The topological polar surface area (TPSA) is 50.3 Å². The van der Waals surface area contributed by atoms with Crippen molar-refractivity contribution in [2.24, 2.45) is 0 Å². The molecule has 20 heavy (non-hydrogen) atoms. The van der Waals surface area contributed by atoms with Crippen molar-refractivity contribution in [2.45, 2.75) is 40.0 Å². The monoisotopic (exact) mass is 280 g/mol. The molecule has 0 aliphatic carbocycles. The van der Waals surface area contributed by atoms with E-state index in [2.05, 4.69) is 34.0 Å². The van der Waals surface area contributed by atoms with Gasteiger partial charge in [-0.2, -0.15) is 4.98 Å². The maximum Gasteiger partial charge on any atom is 0.218 e. The lowest BCUT2D eigenvalue weighted by Crippen LogP contribution is -2.24. The normalized spacial score (nSPS) is 10.8. The Morgan fingerprint density at radius 2 is 1.90 bits per heavy atom. The van der Waals surface area contributed by atoms with E-state index in [1.54, 1.807) is 7.11 Å². The molecule has 0 aliphatic heterocycles. The van der Waals surface area contributed by atoms with Gasteiger partial charge in [0.2, 0.25) is 5.88 Å². The molecule has 0 atom stereocenters. The molecule has 0 bridgehead atoms. The number of aryl methyl sites for hydroxylation is 1.